The Morgan fingerprint density at radius 1 is 1.12 bits per heavy atom. The number of aromatic nitrogens is 1. The van der Waals surface area contributed by atoms with Gasteiger partial charge in [0.2, 0.25) is 5.91 Å². The number of benzene rings is 2. The summed E-state index contributed by atoms with van der Waals surface area (Å²) >= 11 is 0. The summed E-state index contributed by atoms with van der Waals surface area (Å²) in [7, 11) is 1.58. The lowest BCUT2D eigenvalue weighted by Gasteiger charge is -2.37. The van der Waals surface area contributed by atoms with Crippen LogP contribution in [0.4, 0.5) is 4.79 Å². The van der Waals surface area contributed by atoms with Crippen LogP contribution in [0, 0.1) is 11.3 Å². The SMILES string of the molecule is COCCn1c(=O)oc2ccc(-c3ccc(CC(C#N)NC(=O)C4(NC(=O)OC(C)(C)C)CCOCC4)cc3)cc21. The molecule has 1 fully saturated rings. The number of hydrogen-bond donors (Lipinski definition) is 2. The highest BCUT2D eigenvalue weighted by Crippen LogP contribution is 2.26. The number of rotatable bonds is 9. The van der Waals surface area contributed by atoms with Gasteiger partial charge in [0.15, 0.2) is 5.58 Å². The highest BCUT2D eigenvalue weighted by molar-refractivity contribution is 5.90. The molecule has 1 atom stereocenters. The average molecular weight is 565 g/mol. The molecule has 3 aromatic rings. The molecule has 1 aliphatic rings. The zero-order valence-electron chi connectivity index (χ0n) is 23.8. The first kappa shape index (κ1) is 29.8. The van der Waals surface area contributed by atoms with E-state index in [2.05, 4.69) is 16.7 Å². The Morgan fingerprint density at radius 3 is 2.44 bits per heavy atom. The zero-order chi connectivity index (χ0) is 29.6. The van der Waals surface area contributed by atoms with Gasteiger partial charge in [-0.1, -0.05) is 30.3 Å². The van der Waals surface area contributed by atoms with Crippen LogP contribution < -0.4 is 16.4 Å². The van der Waals surface area contributed by atoms with Gasteiger partial charge in [-0.15, -0.1) is 0 Å². The molecule has 1 saturated heterocycles. The van der Waals surface area contributed by atoms with Gasteiger partial charge in [-0.2, -0.15) is 5.26 Å². The van der Waals surface area contributed by atoms with Crippen molar-refractivity contribution in [2.24, 2.45) is 0 Å². The number of methoxy groups -OCH3 is 1. The smallest absolute Gasteiger partial charge is 0.420 e. The molecule has 1 unspecified atom stereocenters. The van der Waals surface area contributed by atoms with E-state index in [1.807, 2.05) is 36.4 Å². The molecule has 0 radical (unpaired) electrons. The first-order valence-corrected chi connectivity index (χ1v) is 13.5. The van der Waals surface area contributed by atoms with Gasteiger partial charge >= 0.3 is 11.8 Å². The first-order valence-electron chi connectivity index (χ1n) is 13.5. The van der Waals surface area contributed by atoms with Crippen LogP contribution in [0.25, 0.3) is 22.2 Å². The number of nitrogens with zero attached hydrogens (tertiary/aromatic N) is 2. The molecule has 0 saturated carbocycles. The normalized spacial score (nSPS) is 15.6. The molecule has 2 amide bonds. The fourth-order valence-electron chi connectivity index (χ4n) is 4.76. The highest BCUT2D eigenvalue weighted by atomic mass is 16.6. The van der Waals surface area contributed by atoms with E-state index in [0.717, 1.165) is 16.7 Å². The van der Waals surface area contributed by atoms with Crippen LogP contribution in [0.3, 0.4) is 0 Å². The summed E-state index contributed by atoms with van der Waals surface area (Å²) in [5.74, 6) is -0.874. The van der Waals surface area contributed by atoms with Crippen LogP contribution in [0.2, 0.25) is 0 Å². The number of ether oxygens (including phenoxy) is 3. The molecule has 218 valence electrons. The van der Waals surface area contributed by atoms with Gasteiger partial charge in [0, 0.05) is 39.6 Å². The maximum Gasteiger partial charge on any atom is 0.420 e. The number of oxazole rings is 1. The summed E-state index contributed by atoms with van der Waals surface area (Å²) in [6.07, 6.45) is 0.123. The number of carbonyl (C=O) groups excluding carboxylic acids is 2. The van der Waals surface area contributed by atoms with Crippen LogP contribution in [0.15, 0.2) is 51.7 Å². The van der Waals surface area contributed by atoms with E-state index in [1.54, 1.807) is 38.5 Å². The summed E-state index contributed by atoms with van der Waals surface area (Å²) in [6, 6.07) is 14.5. The summed E-state index contributed by atoms with van der Waals surface area (Å²) in [6.45, 7) is 6.61. The average Bonchev–Trinajstić information content (AvgIpc) is 3.25. The topological polar surface area (TPSA) is 145 Å². The summed E-state index contributed by atoms with van der Waals surface area (Å²) in [5.41, 5.74) is 1.91. The van der Waals surface area contributed by atoms with E-state index in [1.165, 1.54) is 0 Å². The van der Waals surface area contributed by atoms with Crippen LogP contribution in [-0.4, -0.2) is 60.7 Å². The first-order chi connectivity index (χ1) is 19.5. The number of carbonyl (C=O) groups is 2. The fraction of sp³-hybridized carbons (Fsp3) is 0.467. The van der Waals surface area contributed by atoms with Crippen molar-refractivity contribution in [3.63, 3.8) is 0 Å². The van der Waals surface area contributed by atoms with Gasteiger partial charge in [-0.25, -0.2) is 9.59 Å². The molecule has 0 bridgehead atoms. The second-order valence-corrected chi connectivity index (χ2v) is 11.1. The second kappa shape index (κ2) is 12.6. The number of amides is 2. The Bertz CT molecular complexity index is 1470. The third kappa shape index (κ3) is 7.34. The van der Waals surface area contributed by atoms with Crippen LogP contribution in [-0.2, 0) is 32.0 Å². The lowest BCUT2D eigenvalue weighted by Crippen LogP contribution is -2.63. The van der Waals surface area contributed by atoms with Gasteiger partial charge in [-0.05, 0) is 49.6 Å². The van der Waals surface area contributed by atoms with E-state index in [-0.39, 0.29) is 19.3 Å². The minimum atomic E-state index is -1.23. The van der Waals surface area contributed by atoms with Gasteiger partial charge < -0.3 is 29.3 Å². The van der Waals surface area contributed by atoms with Crippen molar-refractivity contribution in [2.45, 2.75) is 63.8 Å². The Kier molecular flexibility index (Phi) is 9.15. The predicted octanol–water partition coefficient (Wildman–Crippen LogP) is 3.53. The molecular weight excluding hydrogens is 528 g/mol. The number of nitriles is 1. The number of alkyl carbamates (subject to hydrolysis) is 1. The van der Waals surface area contributed by atoms with Crippen molar-refractivity contribution in [3.8, 4) is 17.2 Å². The monoisotopic (exact) mass is 564 g/mol. The molecule has 1 aromatic heterocycles. The van der Waals surface area contributed by atoms with Crippen molar-refractivity contribution in [2.75, 3.05) is 26.9 Å². The van der Waals surface area contributed by atoms with E-state index in [9.17, 15) is 19.6 Å². The lowest BCUT2D eigenvalue weighted by molar-refractivity contribution is -0.132. The molecule has 2 aromatic carbocycles. The molecule has 11 heteroatoms. The molecule has 11 nitrogen and oxygen atoms in total. The Morgan fingerprint density at radius 2 is 1.80 bits per heavy atom. The minimum Gasteiger partial charge on any atom is -0.444 e. The zero-order valence-corrected chi connectivity index (χ0v) is 23.8. The van der Waals surface area contributed by atoms with Crippen molar-refractivity contribution in [1.29, 1.82) is 5.26 Å². The van der Waals surface area contributed by atoms with Crippen LogP contribution in [0.1, 0.15) is 39.2 Å². The summed E-state index contributed by atoms with van der Waals surface area (Å²) in [4.78, 5) is 38.1. The van der Waals surface area contributed by atoms with E-state index in [4.69, 9.17) is 18.6 Å². The summed E-state index contributed by atoms with van der Waals surface area (Å²) in [5, 5.41) is 15.4. The number of hydrogen-bond acceptors (Lipinski definition) is 8. The second-order valence-electron chi connectivity index (χ2n) is 11.1. The Hall–Kier alpha value is -4.14. The third-order valence-electron chi connectivity index (χ3n) is 6.90. The summed E-state index contributed by atoms with van der Waals surface area (Å²) < 4.78 is 22.8. The van der Waals surface area contributed by atoms with Gasteiger partial charge in [0.25, 0.3) is 0 Å². The number of nitrogens with one attached hydrogen (secondary N) is 2. The van der Waals surface area contributed by atoms with Crippen molar-refractivity contribution in [3.05, 3.63) is 58.6 Å². The molecule has 0 spiro atoms. The maximum atomic E-state index is 13.4. The van der Waals surface area contributed by atoms with Crippen molar-refractivity contribution in [1.82, 2.24) is 15.2 Å². The highest BCUT2D eigenvalue weighted by Gasteiger charge is 2.43. The van der Waals surface area contributed by atoms with Gasteiger partial charge in [0.1, 0.15) is 17.2 Å². The van der Waals surface area contributed by atoms with Crippen LogP contribution in [0.5, 0.6) is 0 Å². The lowest BCUT2D eigenvalue weighted by atomic mass is 9.88. The largest absolute Gasteiger partial charge is 0.444 e. The van der Waals surface area contributed by atoms with Crippen LogP contribution >= 0.6 is 0 Å². The van der Waals surface area contributed by atoms with E-state index < -0.39 is 34.9 Å². The molecule has 1 aliphatic heterocycles. The fourth-order valence-corrected chi connectivity index (χ4v) is 4.76. The van der Waals surface area contributed by atoms with E-state index >= 15 is 0 Å². The number of fused-ring (bicyclic) bond motifs is 1. The van der Waals surface area contributed by atoms with Crippen molar-refractivity contribution < 1.29 is 28.2 Å². The maximum absolute atomic E-state index is 13.4. The standard InChI is InChI=1S/C30H36N4O7/c1-29(2,3)41-27(36)33-30(11-14-39-15-12-30)26(35)32-23(19-31)17-20-5-7-21(8-6-20)22-9-10-25-24(18-22)34(13-16-38-4)28(37)40-25/h5-10,18,23H,11-17H2,1-4H3,(H,32,35)(H,33,36). The molecule has 2 N–H and O–H groups in total. The molecule has 0 aliphatic carbocycles. The predicted molar refractivity (Wildman–Crippen MR) is 151 cm³/mol. The molecule has 2 heterocycles. The Labute approximate surface area is 238 Å². The third-order valence-corrected chi connectivity index (χ3v) is 6.90. The van der Waals surface area contributed by atoms with Gasteiger partial charge in [-0.3, -0.25) is 9.36 Å². The Balaban J connectivity index is 1.46. The van der Waals surface area contributed by atoms with Crippen molar-refractivity contribution >= 4 is 23.1 Å². The minimum absolute atomic E-state index is 0.269. The van der Waals surface area contributed by atoms with E-state index in [0.29, 0.717) is 37.5 Å². The van der Waals surface area contributed by atoms with Gasteiger partial charge in [0.05, 0.1) is 24.7 Å². The molecular formula is C30H36N4O7. The quantitative estimate of drug-likeness (QED) is 0.402. The molecule has 41 heavy (non-hydrogen) atoms. The molecule has 4 rings (SSSR count).